The third-order valence-corrected chi connectivity index (χ3v) is 4.38. The molecular formula is C19H23N5O4. The third-order valence-electron chi connectivity index (χ3n) is 4.38. The molecule has 9 nitrogen and oxygen atoms in total. The summed E-state index contributed by atoms with van der Waals surface area (Å²) in [6.45, 7) is 2.89. The van der Waals surface area contributed by atoms with Crippen molar-refractivity contribution in [3.05, 3.63) is 63.1 Å². The van der Waals surface area contributed by atoms with E-state index in [0.717, 1.165) is 10.1 Å². The van der Waals surface area contributed by atoms with Crippen LogP contribution in [0.5, 0.6) is 0 Å². The van der Waals surface area contributed by atoms with Gasteiger partial charge in [0.25, 0.3) is 5.56 Å². The quantitative estimate of drug-likeness (QED) is 0.597. The Morgan fingerprint density at radius 1 is 1.18 bits per heavy atom. The average molecular weight is 385 g/mol. The number of benzene rings is 1. The fraction of sp³-hybridized carbons (Fsp3) is 0.368. The second kappa shape index (κ2) is 8.66. The zero-order valence-electron chi connectivity index (χ0n) is 15.9. The first kappa shape index (κ1) is 19.6. The van der Waals surface area contributed by atoms with Gasteiger partial charge in [-0.2, -0.15) is 0 Å². The molecule has 28 heavy (non-hydrogen) atoms. The van der Waals surface area contributed by atoms with Crippen LogP contribution in [0.2, 0.25) is 0 Å². The van der Waals surface area contributed by atoms with Gasteiger partial charge >= 0.3 is 5.69 Å². The first-order valence-electron chi connectivity index (χ1n) is 9.04. The minimum Gasteiger partial charge on any atom is -0.383 e. The molecule has 0 spiro atoms. The summed E-state index contributed by atoms with van der Waals surface area (Å²) in [5.41, 5.74) is 0.355. The highest BCUT2D eigenvalue weighted by molar-refractivity contribution is 5.76. The molecule has 0 aliphatic carbocycles. The lowest BCUT2D eigenvalue weighted by Crippen LogP contribution is -2.44. The summed E-state index contributed by atoms with van der Waals surface area (Å²) < 4.78 is 9.12. The number of carbonyl (C=O) groups excluding carboxylic acids is 1. The Balaban J connectivity index is 2.19. The van der Waals surface area contributed by atoms with E-state index in [0.29, 0.717) is 25.3 Å². The summed E-state index contributed by atoms with van der Waals surface area (Å²) in [5.74, 6) is -0.393. The molecule has 9 heteroatoms. The van der Waals surface area contributed by atoms with Crippen molar-refractivity contribution in [2.45, 2.75) is 26.6 Å². The van der Waals surface area contributed by atoms with Crippen molar-refractivity contribution in [1.29, 1.82) is 0 Å². The molecule has 0 saturated heterocycles. The van der Waals surface area contributed by atoms with Crippen molar-refractivity contribution in [3.63, 3.8) is 0 Å². The zero-order valence-corrected chi connectivity index (χ0v) is 15.9. The third kappa shape index (κ3) is 3.89. The zero-order chi connectivity index (χ0) is 20.1. The van der Waals surface area contributed by atoms with Gasteiger partial charge in [0.15, 0.2) is 11.2 Å². The molecule has 0 unspecified atom stereocenters. The number of fused-ring (bicyclic) bond motifs is 1. The number of nitrogens with one attached hydrogen (secondary N) is 1. The van der Waals surface area contributed by atoms with E-state index < -0.39 is 17.2 Å². The summed E-state index contributed by atoms with van der Waals surface area (Å²) in [5, 5.41) is 2.62. The Labute approximate surface area is 161 Å². The smallest absolute Gasteiger partial charge is 0.333 e. The van der Waals surface area contributed by atoms with E-state index in [1.807, 2.05) is 30.3 Å². The van der Waals surface area contributed by atoms with Gasteiger partial charge in [0.05, 0.1) is 19.5 Å². The second-order valence-corrected chi connectivity index (χ2v) is 6.30. The summed E-state index contributed by atoms with van der Waals surface area (Å²) in [7, 11) is 1.57. The van der Waals surface area contributed by atoms with E-state index in [1.54, 1.807) is 18.6 Å². The van der Waals surface area contributed by atoms with Crippen molar-refractivity contribution in [2.24, 2.45) is 0 Å². The SMILES string of the molecule is CCNC(=O)Cn1c(=O)c2c(ncn2CCOC)n(Cc2ccccc2)c1=O. The van der Waals surface area contributed by atoms with Gasteiger partial charge in [0.1, 0.15) is 6.54 Å². The molecule has 2 heterocycles. The molecule has 1 aromatic carbocycles. The van der Waals surface area contributed by atoms with E-state index in [1.165, 1.54) is 10.9 Å². The van der Waals surface area contributed by atoms with Crippen LogP contribution in [-0.2, 0) is 29.2 Å². The number of imidazole rings is 1. The maximum atomic E-state index is 13.0. The molecule has 1 amide bonds. The number of ether oxygens (including phenoxy) is 1. The topological polar surface area (TPSA) is 100 Å². The lowest BCUT2D eigenvalue weighted by Gasteiger charge is -2.12. The molecular weight excluding hydrogens is 362 g/mol. The van der Waals surface area contributed by atoms with Crippen molar-refractivity contribution in [2.75, 3.05) is 20.3 Å². The Bertz CT molecular complexity index is 1080. The normalized spacial score (nSPS) is 11.1. The fourth-order valence-corrected chi connectivity index (χ4v) is 3.04. The van der Waals surface area contributed by atoms with E-state index >= 15 is 0 Å². The largest absolute Gasteiger partial charge is 0.383 e. The van der Waals surface area contributed by atoms with Gasteiger partial charge in [0, 0.05) is 20.2 Å². The minimum atomic E-state index is -0.565. The standard InChI is InChI=1S/C19H23N5O4/c1-3-20-15(25)12-24-18(26)16-17(21-13-22(16)9-10-28-2)23(19(24)27)11-14-7-5-4-6-8-14/h4-8,13H,3,9-12H2,1-2H3,(H,20,25). The van der Waals surface area contributed by atoms with Crippen LogP contribution in [0.4, 0.5) is 0 Å². The predicted octanol–water partition coefficient (Wildman–Crippen LogP) is 0.191. The van der Waals surface area contributed by atoms with E-state index in [-0.39, 0.29) is 18.6 Å². The molecule has 0 bridgehead atoms. The van der Waals surface area contributed by atoms with Gasteiger partial charge in [-0.15, -0.1) is 0 Å². The minimum absolute atomic E-state index is 0.243. The Hall–Kier alpha value is -3.20. The van der Waals surface area contributed by atoms with Crippen molar-refractivity contribution < 1.29 is 9.53 Å². The van der Waals surface area contributed by atoms with Crippen LogP contribution in [-0.4, -0.2) is 44.9 Å². The van der Waals surface area contributed by atoms with Gasteiger partial charge in [-0.1, -0.05) is 30.3 Å². The first-order valence-corrected chi connectivity index (χ1v) is 9.04. The van der Waals surface area contributed by atoms with Crippen molar-refractivity contribution in [1.82, 2.24) is 24.0 Å². The van der Waals surface area contributed by atoms with Gasteiger partial charge < -0.3 is 14.6 Å². The van der Waals surface area contributed by atoms with Crippen LogP contribution in [0.3, 0.4) is 0 Å². The Morgan fingerprint density at radius 3 is 2.61 bits per heavy atom. The lowest BCUT2D eigenvalue weighted by atomic mass is 10.2. The molecule has 0 saturated carbocycles. The van der Waals surface area contributed by atoms with E-state index in [2.05, 4.69) is 10.3 Å². The summed E-state index contributed by atoms with van der Waals surface area (Å²) in [4.78, 5) is 42.4. The Morgan fingerprint density at radius 2 is 1.93 bits per heavy atom. The van der Waals surface area contributed by atoms with Crippen LogP contribution < -0.4 is 16.6 Å². The number of hydrogen-bond acceptors (Lipinski definition) is 5. The number of nitrogens with zero attached hydrogens (tertiary/aromatic N) is 4. The van der Waals surface area contributed by atoms with Crippen LogP contribution in [0.1, 0.15) is 12.5 Å². The summed E-state index contributed by atoms with van der Waals surface area (Å²) in [6.07, 6.45) is 1.52. The molecule has 0 atom stereocenters. The summed E-state index contributed by atoms with van der Waals surface area (Å²) in [6, 6.07) is 9.41. The van der Waals surface area contributed by atoms with Gasteiger partial charge in [-0.25, -0.2) is 14.3 Å². The van der Waals surface area contributed by atoms with Crippen LogP contribution >= 0.6 is 0 Å². The maximum absolute atomic E-state index is 13.0. The van der Waals surface area contributed by atoms with Crippen molar-refractivity contribution in [3.8, 4) is 0 Å². The lowest BCUT2D eigenvalue weighted by molar-refractivity contribution is -0.121. The molecule has 3 rings (SSSR count). The second-order valence-electron chi connectivity index (χ2n) is 6.30. The molecule has 1 N–H and O–H groups in total. The van der Waals surface area contributed by atoms with Crippen LogP contribution in [0.15, 0.2) is 46.2 Å². The highest BCUT2D eigenvalue weighted by Gasteiger charge is 2.19. The Kier molecular flexibility index (Phi) is 6.05. The highest BCUT2D eigenvalue weighted by Crippen LogP contribution is 2.09. The average Bonchev–Trinajstić information content (AvgIpc) is 3.12. The number of methoxy groups -OCH3 is 1. The predicted molar refractivity (Wildman–Crippen MR) is 104 cm³/mol. The number of aromatic nitrogens is 4. The molecule has 0 aliphatic heterocycles. The first-order chi connectivity index (χ1) is 13.6. The molecule has 2 aromatic heterocycles. The molecule has 3 aromatic rings. The van der Waals surface area contributed by atoms with E-state index in [9.17, 15) is 14.4 Å². The number of carbonyl (C=O) groups is 1. The molecule has 0 aliphatic rings. The monoisotopic (exact) mass is 385 g/mol. The van der Waals surface area contributed by atoms with Crippen molar-refractivity contribution >= 4 is 17.1 Å². The maximum Gasteiger partial charge on any atom is 0.333 e. The summed E-state index contributed by atoms with van der Waals surface area (Å²) >= 11 is 0. The molecule has 148 valence electrons. The van der Waals surface area contributed by atoms with Gasteiger partial charge in [0.2, 0.25) is 5.91 Å². The highest BCUT2D eigenvalue weighted by atomic mass is 16.5. The van der Waals surface area contributed by atoms with Crippen LogP contribution in [0.25, 0.3) is 11.2 Å². The number of likely N-dealkylation sites (N-methyl/N-ethyl adjacent to an activating group) is 1. The van der Waals surface area contributed by atoms with Gasteiger partial charge in [-0.05, 0) is 12.5 Å². The fourth-order valence-electron chi connectivity index (χ4n) is 3.04. The molecule has 0 fully saturated rings. The van der Waals surface area contributed by atoms with Crippen LogP contribution in [0, 0.1) is 0 Å². The molecule has 0 radical (unpaired) electrons. The van der Waals surface area contributed by atoms with Gasteiger partial charge in [-0.3, -0.25) is 14.2 Å². The number of hydrogen-bond donors (Lipinski definition) is 1. The number of amides is 1. The number of rotatable bonds is 8. The van der Waals surface area contributed by atoms with E-state index in [4.69, 9.17) is 4.74 Å².